The summed E-state index contributed by atoms with van der Waals surface area (Å²) >= 11 is 0. The Balaban J connectivity index is 1.82. The van der Waals surface area contributed by atoms with Crippen molar-refractivity contribution in [1.82, 2.24) is 9.97 Å². The van der Waals surface area contributed by atoms with Crippen molar-refractivity contribution in [3.63, 3.8) is 0 Å². The highest BCUT2D eigenvalue weighted by Crippen LogP contribution is 2.35. The molecule has 0 spiro atoms. The van der Waals surface area contributed by atoms with E-state index in [1.54, 1.807) is 18.2 Å². The van der Waals surface area contributed by atoms with Gasteiger partial charge in [-0.3, -0.25) is 0 Å². The standard InChI is InChI=1S/C17H13N3O2/c21-20(22)14-6-3-5-12(9-14)17-18-10-13-8-11-4-1-2-7-15(11)16(13)19-17/h1-7,9-10,20-21H,8H2. The van der Waals surface area contributed by atoms with Crippen molar-refractivity contribution in [3.05, 3.63) is 71.1 Å². The van der Waals surface area contributed by atoms with Crippen LogP contribution in [0.5, 0.6) is 0 Å². The summed E-state index contributed by atoms with van der Waals surface area (Å²) in [5, 5.41) is 19.2. The third-order valence-electron chi connectivity index (χ3n) is 3.89. The average molecular weight is 291 g/mol. The first-order valence-electron chi connectivity index (χ1n) is 7.00. The number of hydrogen-bond acceptors (Lipinski definition) is 4. The Bertz CT molecular complexity index is 862. The minimum Gasteiger partial charge on any atom is -0.595 e. The van der Waals surface area contributed by atoms with Crippen LogP contribution in [0.15, 0.2) is 54.7 Å². The highest BCUT2D eigenvalue weighted by molar-refractivity contribution is 5.74. The van der Waals surface area contributed by atoms with Crippen LogP contribution >= 0.6 is 0 Å². The first-order valence-corrected chi connectivity index (χ1v) is 7.00. The molecule has 1 atom stereocenters. The number of benzene rings is 2. The Labute approximate surface area is 127 Å². The topological polar surface area (TPSA) is 73.5 Å². The molecule has 22 heavy (non-hydrogen) atoms. The number of quaternary nitrogens is 1. The normalized spacial score (nSPS) is 13.5. The van der Waals surface area contributed by atoms with Crippen molar-refractivity contribution in [1.29, 1.82) is 0 Å². The third kappa shape index (κ3) is 2.08. The van der Waals surface area contributed by atoms with Crippen molar-refractivity contribution in [3.8, 4) is 22.6 Å². The Morgan fingerprint density at radius 2 is 1.91 bits per heavy atom. The highest BCUT2D eigenvalue weighted by Gasteiger charge is 2.20. The molecule has 1 unspecified atom stereocenters. The fourth-order valence-corrected chi connectivity index (χ4v) is 2.81. The molecular formula is C17H13N3O2. The lowest BCUT2D eigenvalue weighted by Crippen LogP contribution is -2.99. The summed E-state index contributed by atoms with van der Waals surface area (Å²) < 4.78 is 0. The van der Waals surface area contributed by atoms with Crippen molar-refractivity contribution in [2.45, 2.75) is 6.42 Å². The lowest BCUT2D eigenvalue weighted by molar-refractivity contribution is -0.991. The van der Waals surface area contributed by atoms with Gasteiger partial charge in [-0.2, -0.15) is 5.23 Å². The zero-order valence-corrected chi connectivity index (χ0v) is 11.7. The van der Waals surface area contributed by atoms with E-state index >= 15 is 0 Å². The largest absolute Gasteiger partial charge is 0.595 e. The highest BCUT2D eigenvalue weighted by atomic mass is 16.8. The first kappa shape index (κ1) is 13.1. The molecule has 0 amide bonds. The molecule has 0 aliphatic heterocycles. The van der Waals surface area contributed by atoms with Gasteiger partial charge in [-0.1, -0.05) is 36.4 Å². The van der Waals surface area contributed by atoms with Crippen LogP contribution in [0.4, 0.5) is 5.69 Å². The molecule has 1 aliphatic rings. The second kappa shape index (κ2) is 4.99. The molecule has 5 nitrogen and oxygen atoms in total. The average Bonchev–Trinajstić information content (AvgIpc) is 2.92. The maximum Gasteiger partial charge on any atom is 0.164 e. The molecule has 2 aromatic carbocycles. The summed E-state index contributed by atoms with van der Waals surface area (Å²) in [4.78, 5) is 9.06. The van der Waals surface area contributed by atoms with E-state index in [1.807, 2.05) is 24.4 Å². The van der Waals surface area contributed by atoms with Crippen LogP contribution in [0.1, 0.15) is 11.1 Å². The van der Waals surface area contributed by atoms with Crippen LogP contribution < -0.4 is 5.23 Å². The predicted molar refractivity (Wildman–Crippen MR) is 81.5 cm³/mol. The quantitative estimate of drug-likeness (QED) is 0.555. The van der Waals surface area contributed by atoms with Crippen LogP contribution in [-0.2, 0) is 6.42 Å². The third-order valence-corrected chi connectivity index (χ3v) is 3.89. The van der Waals surface area contributed by atoms with Gasteiger partial charge >= 0.3 is 0 Å². The molecule has 0 saturated carbocycles. The molecule has 4 rings (SSSR count). The van der Waals surface area contributed by atoms with Crippen LogP contribution in [0.2, 0.25) is 0 Å². The Morgan fingerprint density at radius 1 is 1.05 bits per heavy atom. The summed E-state index contributed by atoms with van der Waals surface area (Å²) in [5.41, 5.74) is 5.40. The van der Waals surface area contributed by atoms with E-state index in [2.05, 4.69) is 22.1 Å². The van der Waals surface area contributed by atoms with Crippen molar-refractivity contribution >= 4 is 5.69 Å². The van der Waals surface area contributed by atoms with E-state index in [-0.39, 0.29) is 5.69 Å². The minimum atomic E-state index is -0.951. The first-order chi connectivity index (χ1) is 10.7. The van der Waals surface area contributed by atoms with Gasteiger partial charge in [-0.05, 0) is 5.56 Å². The van der Waals surface area contributed by atoms with E-state index in [1.165, 1.54) is 5.56 Å². The van der Waals surface area contributed by atoms with Crippen LogP contribution in [0.3, 0.4) is 0 Å². The molecule has 1 heterocycles. The molecular weight excluding hydrogens is 278 g/mol. The number of rotatable bonds is 2. The summed E-state index contributed by atoms with van der Waals surface area (Å²) in [6, 6.07) is 14.9. The van der Waals surface area contributed by atoms with Gasteiger partial charge in [0.05, 0.1) is 5.69 Å². The fourth-order valence-electron chi connectivity index (χ4n) is 2.81. The summed E-state index contributed by atoms with van der Waals surface area (Å²) in [6.07, 6.45) is 2.69. The summed E-state index contributed by atoms with van der Waals surface area (Å²) in [5.74, 6) is 0.554. The van der Waals surface area contributed by atoms with E-state index in [0.717, 1.165) is 23.2 Å². The molecule has 0 fully saturated rings. The van der Waals surface area contributed by atoms with Gasteiger partial charge < -0.3 is 5.21 Å². The van der Waals surface area contributed by atoms with Crippen LogP contribution in [0, 0.1) is 5.21 Å². The SMILES string of the molecule is [O-][NH+](O)c1cccc(-c2ncc3c(n2)-c2ccccc2C3)c1. The number of nitrogens with one attached hydrogen (secondary N) is 1. The Morgan fingerprint density at radius 3 is 2.77 bits per heavy atom. The Hall–Kier alpha value is -2.60. The second-order valence-electron chi connectivity index (χ2n) is 5.29. The van der Waals surface area contributed by atoms with Gasteiger partial charge in [0.25, 0.3) is 0 Å². The summed E-state index contributed by atoms with van der Waals surface area (Å²) in [7, 11) is 0. The van der Waals surface area contributed by atoms with E-state index < -0.39 is 5.23 Å². The number of fused-ring (bicyclic) bond motifs is 3. The lowest BCUT2D eigenvalue weighted by Gasteiger charge is -2.12. The maximum atomic E-state index is 11.1. The van der Waals surface area contributed by atoms with Gasteiger partial charge in [0, 0.05) is 41.4 Å². The summed E-state index contributed by atoms with van der Waals surface area (Å²) in [6.45, 7) is 0. The smallest absolute Gasteiger partial charge is 0.164 e. The second-order valence-corrected chi connectivity index (χ2v) is 5.29. The van der Waals surface area contributed by atoms with Gasteiger partial charge in [0.15, 0.2) is 11.5 Å². The molecule has 0 radical (unpaired) electrons. The number of hydrogen-bond donors (Lipinski definition) is 2. The van der Waals surface area contributed by atoms with Crippen molar-refractivity contribution in [2.75, 3.05) is 0 Å². The maximum absolute atomic E-state index is 11.1. The van der Waals surface area contributed by atoms with Gasteiger partial charge in [-0.15, -0.1) is 0 Å². The molecule has 1 aromatic heterocycles. The van der Waals surface area contributed by atoms with E-state index in [4.69, 9.17) is 5.21 Å². The molecule has 0 bridgehead atoms. The predicted octanol–water partition coefficient (Wildman–Crippen LogP) is 2.12. The van der Waals surface area contributed by atoms with Crippen LogP contribution in [0.25, 0.3) is 22.6 Å². The molecule has 3 aromatic rings. The molecule has 5 heteroatoms. The zero-order chi connectivity index (χ0) is 15.1. The monoisotopic (exact) mass is 291 g/mol. The van der Waals surface area contributed by atoms with E-state index in [9.17, 15) is 5.21 Å². The Kier molecular flexibility index (Phi) is 2.97. The van der Waals surface area contributed by atoms with Gasteiger partial charge in [0.1, 0.15) is 0 Å². The lowest BCUT2D eigenvalue weighted by atomic mass is 10.1. The number of nitrogens with zero attached hydrogens (tertiary/aromatic N) is 2. The molecule has 2 N–H and O–H groups in total. The van der Waals surface area contributed by atoms with Gasteiger partial charge in [-0.25, -0.2) is 15.2 Å². The fraction of sp³-hybridized carbons (Fsp3) is 0.0588. The van der Waals surface area contributed by atoms with Crippen LogP contribution in [-0.4, -0.2) is 15.2 Å². The van der Waals surface area contributed by atoms with Gasteiger partial charge in [0.2, 0.25) is 0 Å². The van der Waals surface area contributed by atoms with E-state index in [0.29, 0.717) is 11.4 Å². The number of aromatic nitrogens is 2. The van der Waals surface area contributed by atoms with Crippen molar-refractivity contribution < 1.29 is 10.4 Å². The zero-order valence-electron chi connectivity index (χ0n) is 11.7. The molecule has 1 aliphatic carbocycles. The van der Waals surface area contributed by atoms with Crippen molar-refractivity contribution in [2.24, 2.45) is 0 Å². The molecule has 108 valence electrons. The molecule has 0 saturated heterocycles. The minimum absolute atomic E-state index is 0.238.